The average molecular weight is 254 g/mol. The number of rotatable bonds is 7. The molecule has 1 N–H and O–H groups in total. The van der Waals surface area contributed by atoms with Crippen LogP contribution in [0.25, 0.3) is 0 Å². The fraction of sp³-hybridized carbons (Fsp3) is 1.00. The minimum atomic E-state index is 0.728. The van der Waals surface area contributed by atoms with E-state index in [-0.39, 0.29) is 0 Å². The van der Waals surface area contributed by atoms with Crippen LogP contribution in [-0.2, 0) is 4.74 Å². The van der Waals surface area contributed by atoms with Crippen LogP contribution in [0, 0.1) is 0 Å². The second-order valence-corrected chi connectivity index (χ2v) is 5.99. The fourth-order valence-electron chi connectivity index (χ4n) is 3.47. The van der Waals surface area contributed by atoms with Gasteiger partial charge in [0.2, 0.25) is 0 Å². The third kappa shape index (κ3) is 3.94. The quantitative estimate of drug-likeness (QED) is 0.706. The molecule has 0 aromatic heterocycles. The molecule has 2 aliphatic rings. The highest BCUT2D eigenvalue weighted by Gasteiger charge is 2.35. The van der Waals surface area contributed by atoms with E-state index in [0.717, 1.165) is 37.9 Å². The Morgan fingerprint density at radius 3 is 2.56 bits per heavy atom. The van der Waals surface area contributed by atoms with Crippen molar-refractivity contribution >= 4 is 0 Å². The van der Waals surface area contributed by atoms with Crippen molar-refractivity contribution in [3.8, 4) is 0 Å². The van der Waals surface area contributed by atoms with Crippen LogP contribution in [0.5, 0.6) is 0 Å². The lowest BCUT2D eigenvalue weighted by atomic mass is 9.82. The summed E-state index contributed by atoms with van der Waals surface area (Å²) in [6.07, 6.45) is 9.33. The molecule has 0 aromatic carbocycles. The molecule has 3 nitrogen and oxygen atoms in total. The second kappa shape index (κ2) is 7.46. The SMILES string of the molecule is CCCCOCCNC1CC2CCCC(C1)N2C. The molecule has 2 aliphatic heterocycles. The van der Waals surface area contributed by atoms with E-state index in [1.54, 1.807) is 0 Å². The Hall–Kier alpha value is -0.120. The minimum Gasteiger partial charge on any atom is -0.380 e. The van der Waals surface area contributed by atoms with Gasteiger partial charge in [-0.2, -0.15) is 0 Å². The van der Waals surface area contributed by atoms with E-state index in [1.165, 1.54) is 44.9 Å². The molecule has 2 bridgehead atoms. The summed E-state index contributed by atoms with van der Waals surface area (Å²) in [6.45, 7) is 5.04. The van der Waals surface area contributed by atoms with Gasteiger partial charge in [-0.25, -0.2) is 0 Å². The zero-order valence-corrected chi connectivity index (χ0v) is 12.2. The van der Waals surface area contributed by atoms with Crippen molar-refractivity contribution in [2.75, 3.05) is 26.8 Å². The molecule has 0 radical (unpaired) electrons. The predicted molar refractivity (Wildman–Crippen MR) is 75.9 cm³/mol. The van der Waals surface area contributed by atoms with Crippen molar-refractivity contribution in [2.24, 2.45) is 0 Å². The van der Waals surface area contributed by atoms with Gasteiger partial charge in [0.25, 0.3) is 0 Å². The van der Waals surface area contributed by atoms with Crippen LogP contribution in [-0.4, -0.2) is 49.8 Å². The molecule has 0 amide bonds. The number of hydrogen-bond acceptors (Lipinski definition) is 3. The Morgan fingerprint density at radius 2 is 1.89 bits per heavy atom. The topological polar surface area (TPSA) is 24.5 Å². The Labute approximate surface area is 112 Å². The lowest BCUT2D eigenvalue weighted by Crippen LogP contribution is -2.54. The summed E-state index contributed by atoms with van der Waals surface area (Å²) in [5, 5.41) is 3.70. The van der Waals surface area contributed by atoms with Gasteiger partial charge in [0.1, 0.15) is 0 Å². The van der Waals surface area contributed by atoms with Crippen molar-refractivity contribution in [1.29, 1.82) is 0 Å². The standard InChI is InChI=1S/C15H30N2O/c1-3-4-9-18-10-8-16-13-11-14-6-5-7-15(12-13)17(14)2/h13-16H,3-12H2,1-2H3. The summed E-state index contributed by atoms with van der Waals surface area (Å²) in [5.41, 5.74) is 0. The molecule has 18 heavy (non-hydrogen) atoms. The number of hydrogen-bond donors (Lipinski definition) is 1. The van der Waals surface area contributed by atoms with Crippen molar-refractivity contribution in [3.05, 3.63) is 0 Å². The number of nitrogens with one attached hydrogen (secondary N) is 1. The zero-order valence-electron chi connectivity index (χ0n) is 12.2. The summed E-state index contributed by atoms with van der Waals surface area (Å²) < 4.78 is 5.61. The van der Waals surface area contributed by atoms with Crippen LogP contribution in [0.1, 0.15) is 51.9 Å². The van der Waals surface area contributed by atoms with E-state index in [0.29, 0.717) is 0 Å². The maximum absolute atomic E-state index is 5.61. The average Bonchev–Trinajstić information content (AvgIpc) is 2.34. The van der Waals surface area contributed by atoms with Gasteiger partial charge in [0.05, 0.1) is 6.61 Å². The van der Waals surface area contributed by atoms with Gasteiger partial charge in [0.15, 0.2) is 0 Å². The van der Waals surface area contributed by atoms with E-state index in [2.05, 4.69) is 24.2 Å². The zero-order chi connectivity index (χ0) is 12.8. The molecule has 0 saturated carbocycles. The van der Waals surface area contributed by atoms with Gasteiger partial charge in [0, 0.05) is 31.3 Å². The predicted octanol–water partition coefficient (Wildman–Crippen LogP) is 2.41. The highest BCUT2D eigenvalue weighted by atomic mass is 16.5. The molecule has 3 heteroatoms. The van der Waals surface area contributed by atoms with Crippen LogP contribution in [0.3, 0.4) is 0 Å². The first-order valence-electron chi connectivity index (χ1n) is 7.84. The Kier molecular flexibility index (Phi) is 5.93. The van der Waals surface area contributed by atoms with E-state index in [4.69, 9.17) is 4.74 Å². The summed E-state index contributed by atoms with van der Waals surface area (Å²) in [6, 6.07) is 2.39. The minimum absolute atomic E-state index is 0.728. The van der Waals surface area contributed by atoms with Gasteiger partial charge in [-0.1, -0.05) is 19.8 Å². The molecule has 2 saturated heterocycles. The van der Waals surface area contributed by atoms with Crippen LogP contribution >= 0.6 is 0 Å². The highest BCUT2D eigenvalue weighted by Crippen LogP contribution is 2.32. The molecule has 2 unspecified atom stereocenters. The van der Waals surface area contributed by atoms with E-state index in [9.17, 15) is 0 Å². The molecule has 2 fully saturated rings. The van der Waals surface area contributed by atoms with Gasteiger partial charge in [-0.05, 0) is 39.2 Å². The maximum atomic E-state index is 5.61. The number of fused-ring (bicyclic) bond motifs is 2. The molecule has 0 aliphatic carbocycles. The van der Waals surface area contributed by atoms with Crippen LogP contribution in [0.15, 0.2) is 0 Å². The third-order valence-corrected chi connectivity index (χ3v) is 4.66. The molecule has 0 spiro atoms. The van der Waals surface area contributed by atoms with E-state index < -0.39 is 0 Å². The first-order valence-corrected chi connectivity index (χ1v) is 7.84. The first-order chi connectivity index (χ1) is 8.81. The van der Waals surface area contributed by atoms with Gasteiger partial charge >= 0.3 is 0 Å². The lowest BCUT2D eigenvalue weighted by Gasteiger charge is -2.47. The normalized spacial score (nSPS) is 32.7. The van der Waals surface area contributed by atoms with Crippen molar-refractivity contribution in [2.45, 2.75) is 70.0 Å². The second-order valence-electron chi connectivity index (χ2n) is 5.99. The molecule has 106 valence electrons. The molecule has 2 atom stereocenters. The summed E-state index contributed by atoms with van der Waals surface area (Å²) in [4.78, 5) is 2.62. The van der Waals surface area contributed by atoms with Gasteiger partial charge < -0.3 is 15.0 Å². The van der Waals surface area contributed by atoms with E-state index in [1.807, 2.05) is 0 Å². The van der Waals surface area contributed by atoms with Crippen molar-refractivity contribution in [3.63, 3.8) is 0 Å². The Bertz CT molecular complexity index is 221. The summed E-state index contributed by atoms with van der Waals surface area (Å²) in [5.74, 6) is 0. The Balaban J connectivity index is 1.60. The largest absolute Gasteiger partial charge is 0.380 e. The maximum Gasteiger partial charge on any atom is 0.0591 e. The van der Waals surface area contributed by atoms with Crippen molar-refractivity contribution in [1.82, 2.24) is 10.2 Å². The molecule has 0 aromatic rings. The lowest BCUT2D eigenvalue weighted by molar-refractivity contribution is 0.0455. The number of piperidine rings is 2. The first kappa shape index (κ1) is 14.3. The summed E-state index contributed by atoms with van der Waals surface area (Å²) >= 11 is 0. The number of unbranched alkanes of at least 4 members (excludes halogenated alkanes) is 1. The Morgan fingerprint density at radius 1 is 1.17 bits per heavy atom. The molecule has 2 heterocycles. The smallest absolute Gasteiger partial charge is 0.0591 e. The van der Waals surface area contributed by atoms with Crippen molar-refractivity contribution < 1.29 is 4.74 Å². The van der Waals surface area contributed by atoms with Gasteiger partial charge in [-0.3, -0.25) is 0 Å². The van der Waals surface area contributed by atoms with Crippen LogP contribution in [0.4, 0.5) is 0 Å². The molecular weight excluding hydrogens is 224 g/mol. The number of ether oxygens (including phenoxy) is 1. The number of nitrogens with zero attached hydrogens (tertiary/aromatic N) is 1. The summed E-state index contributed by atoms with van der Waals surface area (Å²) in [7, 11) is 2.32. The van der Waals surface area contributed by atoms with Crippen LogP contribution < -0.4 is 5.32 Å². The van der Waals surface area contributed by atoms with E-state index >= 15 is 0 Å². The van der Waals surface area contributed by atoms with Crippen LogP contribution in [0.2, 0.25) is 0 Å². The fourth-order valence-corrected chi connectivity index (χ4v) is 3.47. The monoisotopic (exact) mass is 254 g/mol. The molecular formula is C15H30N2O. The molecule has 2 rings (SSSR count). The van der Waals surface area contributed by atoms with Gasteiger partial charge in [-0.15, -0.1) is 0 Å². The highest BCUT2D eigenvalue weighted by molar-refractivity contribution is 4.93. The third-order valence-electron chi connectivity index (χ3n) is 4.66.